The van der Waals surface area contributed by atoms with E-state index in [4.69, 9.17) is 5.73 Å². The van der Waals surface area contributed by atoms with E-state index >= 15 is 0 Å². The number of benzene rings is 1. The molecule has 1 aromatic carbocycles. The van der Waals surface area contributed by atoms with Crippen LogP contribution in [0.1, 0.15) is 0 Å². The number of halogens is 1. The van der Waals surface area contributed by atoms with E-state index in [1.54, 1.807) is 23.9 Å². The molecule has 0 aliphatic heterocycles. The maximum atomic E-state index is 12.7. The Hall–Kier alpha value is -1.07. The summed E-state index contributed by atoms with van der Waals surface area (Å²) in [4.78, 5) is 4.36. The predicted octanol–water partition coefficient (Wildman–Crippen LogP) is 3.25. The maximum absolute atomic E-state index is 12.7. The Bertz CT molecular complexity index is 465. The molecule has 0 aliphatic rings. The van der Waals surface area contributed by atoms with Crippen LogP contribution in [-0.2, 0) is 0 Å². The molecular weight excluding hydrogens is 231 g/mol. The number of aromatic nitrogens is 1. The van der Waals surface area contributed by atoms with Gasteiger partial charge in [0.15, 0.2) is 4.34 Å². The molecule has 0 unspecified atom stereocenters. The van der Waals surface area contributed by atoms with Crippen LogP contribution in [0.25, 0.3) is 11.3 Å². The smallest absolute Gasteiger partial charge is 0.152 e. The molecule has 1 aromatic heterocycles. The molecule has 15 heavy (non-hydrogen) atoms. The average Bonchev–Trinajstić information content (AvgIpc) is 2.61. The van der Waals surface area contributed by atoms with Gasteiger partial charge in [0.1, 0.15) is 16.5 Å². The molecule has 0 radical (unpaired) electrons. The number of hydrogen-bond acceptors (Lipinski definition) is 4. The summed E-state index contributed by atoms with van der Waals surface area (Å²) in [6.07, 6.45) is 1.95. The molecule has 0 atom stereocenters. The Labute approximate surface area is 95.3 Å². The van der Waals surface area contributed by atoms with Gasteiger partial charge in [-0.1, -0.05) is 23.1 Å². The van der Waals surface area contributed by atoms with Crippen LogP contribution < -0.4 is 5.73 Å². The second-order valence-electron chi connectivity index (χ2n) is 2.90. The molecule has 2 N–H and O–H groups in total. The third-order valence-corrected chi connectivity index (χ3v) is 3.80. The van der Waals surface area contributed by atoms with Crippen molar-refractivity contribution in [3.63, 3.8) is 0 Å². The quantitative estimate of drug-likeness (QED) is 0.819. The monoisotopic (exact) mass is 240 g/mol. The van der Waals surface area contributed by atoms with Gasteiger partial charge in [-0.3, -0.25) is 0 Å². The van der Waals surface area contributed by atoms with E-state index in [1.165, 1.54) is 23.5 Å². The van der Waals surface area contributed by atoms with Crippen molar-refractivity contribution in [2.45, 2.75) is 4.34 Å². The fraction of sp³-hybridized carbons (Fsp3) is 0.100. The second-order valence-corrected chi connectivity index (χ2v) is 4.99. The highest BCUT2D eigenvalue weighted by Crippen LogP contribution is 2.34. The minimum atomic E-state index is -0.252. The van der Waals surface area contributed by atoms with E-state index < -0.39 is 0 Å². The van der Waals surface area contributed by atoms with Crippen LogP contribution in [-0.4, -0.2) is 11.2 Å². The van der Waals surface area contributed by atoms with Gasteiger partial charge in [0, 0.05) is 5.56 Å². The van der Waals surface area contributed by atoms with Gasteiger partial charge in [-0.25, -0.2) is 9.37 Å². The van der Waals surface area contributed by atoms with Crippen LogP contribution in [0.5, 0.6) is 0 Å². The van der Waals surface area contributed by atoms with Gasteiger partial charge in [0.05, 0.1) is 0 Å². The van der Waals surface area contributed by atoms with Crippen LogP contribution in [0, 0.1) is 5.82 Å². The zero-order valence-corrected chi connectivity index (χ0v) is 9.66. The zero-order valence-electron chi connectivity index (χ0n) is 8.03. The third kappa shape index (κ3) is 2.13. The molecule has 0 amide bonds. The standard InChI is InChI=1S/C10H9FN2S2/c1-14-10-13-8(9(12)15-10)6-2-4-7(11)5-3-6/h2-5H,12H2,1H3. The summed E-state index contributed by atoms with van der Waals surface area (Å²) in [5.74, 6) is -0.252. The molecule has 0 aliphatic carbocycles. The molecule has 2 rings (SSSR count). The molecule has 5 heteroatoms. The van der Waals surface area contributed by atoms with Crippen molar-refractivity contribution in [3.05, 3.63) is 30.1 Å². The Kier molecular flexibility index (Phi) is 2.93. The number of thiazole rings is 1. The lowest BCUT2D eigenvalue weighted by molar-refractivity contribution is 0.628. The average molecular weight is 240 g/mol. The first kappa shape index (κ1) is 10.4. The molecule has 2 aromatic rings. The van der Waals surface area contributed by atoms with E-state index in [1.807, 2.05) is 6.26 Å². The van der Waals surface area contributed by atoms with Gasteiger partial charge in [0.2, 0.25) is 0 Å². The van der Waals surface area contributed by atoms with Crippen LogP contribution in [0.2, 0.25) is 0 Å². The van der Waals surface area contributed by atoms with E-state index in [-0.39, 0.29) is 5.82 Å². The zero-order chi connectivity index (χ0) is 10.8. The molecule has 0 spiro atoms. The summed E-state index contributed by atoms with van der Waals surface area (Å²) in [5, 5.41) is 0.672. The highest BCUT2D eigenvalue weighted by atomic mass is 32.2. The first-order valence-electron chi connectivity index (χ1n) is 4.27. The fourth-order valence-electron chi connectivity index (χ4n) is 1.21. The van der Waals surface area contributed by atoms with Crippen LogP contribution in [0.3, 0.4) is 0 Å². The minimum absolute atomic E-state index is 0.252. The minimum Gasteiger partial charge on any atom is -0.389 e. The van der Waals surface area contributed by atoms with E-state index in [0.717, 1.165) is 15.6 Å². The predicted molar refractivity (Wildman–Crippen MR) is 63.7 cm³/mol. The van der Waals surface area contributed by atoms with Crippen LogP contribution >= 0.6 is 23.1 Å². The maximum Gasteiger partial charge on any atom is 0.152 e. The normalized spacial score (nSPS) is 10.5. The highest BCUT2D eigenvalue weighted by molar-refractivity contribution is 8.00. The molecule has 0 fully saturated rings. The Morgan fingerprint density at radius 2 is 2.00 bits per heavy atom. The summed E-state index contributed by atoms with van der Waals surface area (Å²) in [5.41, 5.74) is 7.43. The van der Waals surface area contributed by atoms with Gasteiger partial charge in [-0.05, 0) is 30.5 Å². The van der Waals surface area contributed by atoms with Gasteiger partial charge < -0.3 is 5.73 Å². The van der Waals surface area contributed by atoms with E-state index in [0.29, 0.717) is 5.00 Å². The van der Waals surface area contributed by atoms with Crippen LogP contribution in [0.4, 0.5) is 9.39 Å². The lowest BCUT2D eigenvalue weighted by atomic mass is 10.2. The first-order valence-corrected chi connectivity index (χ1v) is 6.31. The Morgan fingerprint density at radius 1 is 1.33 bits per heavy atom. The van der Waals surface area contributed by atoms with Crippen molar-refractivity contribution >= 4 is 28.1 Å². The Morgan fingerprint density at radius 3 is 2.53 bits per heavy atom. The van der Waals surface area contributed by atoms with Crippen molar-refractivity contribution < 1.29 is 4.39 Å². The summed E-state index contributed by atoms with van der Waals surface area (Å²) in [6, 6.07) is 6.19. The number of hydrogen-bond donors (Lipinski definition) is 1. The lowest BCUT2D eigenvalue weighted by Crippen LogP contribution is -1.85. The number of nitrogens with zero attached hydrogens (tertiary/aromatic N) is 1. The highest BCUT2D eigenvalue weighted by Gasteiger charge is 2.09. The first-order chi connectivity index (χ1) is 7.20. The topological polar surface area (TPSA) is 38.9 Å². The van der Waals surface area contributed by atoms with Gasteiger partial charge in [-0.2, -0.15) is 0 Å². The lowest BCUT2D eigenvalue weighted by Gasteiger charge is -1.97. The van der Waals surface area contributed by atoms with Gasteiger partial charge in [0.25, 0.3) is 0 Å². The van der Waals surface area contributed by atoms with Crippen molar-refractivity contribution in [3.8, 4) is 11.3 Å². The number of rotatable bonds is 2. The van der Waals surface area contributed by atoms with Crippen molar-refractivity contribution in [1.82, 2.24) is 4.98 Å². The van der Waals surface area contributed by atoms with Crippen molar-refractivity contribution in [2.75, 3.05) is 12.0 Å². The third-order valence-electron chi connectivity index (χ3n) is 1.93. The summed E-state index contributed by atoms with van der Waals surface area (Å²) < 4.78 is 13.6. The number of thioether (sulfide) groups is 1. The molecule has 1 heterocycles. The molecular formula is C10H9FN2S2. The van der Waals surface area contributed by atoms with E-state index in [2.05, 4.69) is 4.98 Å². The molecule has 0 saturated heterocycles. The van der Waals surface area contributed by atoms with Gasteiger partial charge in [-0.15, -0.1) is 0 Å². The molecule has 0 bridgehead atoms. The molecule has 0 saturated carbocycles. The SMILES string of the molecule is CSc1nc(-c2ccc(F)cc2)c(N)s1. The number of nitrogens with two attached hydrogens (primary N) is 1. The number of anilines is 1. The summed E-state index contributed by atoms with van der Waals surface area (Å²) in [6.45, 7) is 0. The second kappa shape index (κ2) is 4.20. The number of nitrogen functional groups attached to an aromatic ring is 1. The van der Waals surface area contributed by atoms with Crippen molar-refractivity contribution in [1.29, 1.82) is 0 Å². The van der Waals surface area contributed by atoms with Crippen LogP contribution in [0.15, 0.2) is 28.6 Å². The molecule has 78 valence electrons. The fourth-order valence-corrected chi connectivity index (χ4v) is 2.58. The summed E-state index contributed by atoms with van der Waals surface area (Å²) in [7, 11) is 0. The van der Waals surface area contributed by atoms with Gasteiger partial charge >= 0.3 is 0 Å². The van der Waals surface area contributed by atoms with Crippen molar-refractivity contribution in [2.24, 2.45) is 0 Å². The molecule has 2 nitrogen and oxygen atoms in total. The Balaban J connectivity index is 2.44. The van der Waals surface area contributed by atoms with E-state index in [9.17, 15) is 4.39 Å². The summed E-state index contributed by atoms with van der Waals surface area (Å²) >= 11 is 3.00. The largest absolute Gasteiger partial charge is 0.389 e.